The first-order valence-electron chi connectivity index (χ1n) is 6.04. The van der Waals surface area contributed by atoms with Crippen molar-refractivity contribution in [2.24, 2.45) is 0 Å². The Labute approximate surface area is 116 Å². The molecule has 1 heterocycles. The number of aromatic nitrogens is 1. The normalized spacial score (nSPS) is 10.7. The fourth-order valence-electron chi connectivity index (χ4n) is 1.85. The lowest BCUT2D eigenvalue weighted by Gasteiger charge is -2.02. The minimum Gasteiger partial charge on any atom is -0.481 e. The third-order valence-corrected chi connectivity index (χ3v) is 2.82. The summed E-state index contributed by atoms with van der Waals surface area (Å²) in [5.41, 5.74) is 2.37. The van der Waals surface area contributed by atoms with Gasteiger partial charge in [-0.1, -0.05) is 11.6 Å². The third kappa shape index (κ3) is 3.00. The average Bonchev–Trinajstić information content (AvgIpc) is 2.45. The number of hydrogen-bond donors (Lipinski definition) is 0. The van der Waals surface area contributed by atoms with Crippen LogP contribution in [0.3, 0.4) is 0 Å². The molecule has 102 valence electrons. The van der Waals surface area contributed by atoms with Gasteiger partial charge in [0.15, 0.2) is 0 Å². The van der Waals surface area contributed by atoms with Crippen molar-refractivity contribution in [3.63, 3.8) is 0 Å². The topological polar surface area (TPSA) is 65.3 Å². The Morgan fingerprint density at radius 3 is 2.70 bits per heavy atom. The molecular weight excluding hydrogens is 256 g/mol. The van der Waals surface area contributed by atoms with E-state index in [-0.39, 0.29) is 10.6 Å². The molecule has 2 rings (SSSR count). The molecule has 0 N–H and O–H groups in total. The number of nitrogens with zero attached hydrogens (tertiary/aromatic N) is 2. The van der Waals surface area contributed by atoms with E-state index in [1.165, 1.54) is 13.2 Å². The van der Waals surface area contributed by atoms with E-state index in [9.17, 15) is 10.1 Å². The Bertz CT molecular complexity index is 666. The van der Waals surface area contributed by atoms with Gasteiger partial charge in [0.05, 0.1) is 17.6 Å². The molecule has 0 saturated carbocycles. The van der Waals surface area contributed by atoms with E-state index in [1.807, 2.05) is 13.0 Å². The fraction of sp³-hybridized carbons (Fsp3) is 0.133. The van der Waals surface area contributed by atoms with Crippen molar-refractivity contribution < 1.29 is 9.66 Å². The second kappa shape index (κ2) is 5.97. The van der Waals surface area contributed by atoms with Crippen molar-refractivity contribution >= 4 is 17.8 Å². The summed E-state index contributed by atoms with van der Waals surface area (Å²) in [7, 11) is 1.54. The number of pyridine rings is 1. The van der Waals surface area contributed by atoms with Gasteiger partial charge in [-0.25, -0.2) is 4.98 Å². The van der Waals surface area contributed by atoms with Crippen LogP contribution in [0.1, 0.15) is 16.7 Å². The zero-order chi connectivity index (χ0) is 14.5. The zero-order valence-corrected chi connectivity index (χ0v) is 11.2. The minimum atomic E-state index is -0.389. The van der Waals surface area contributed by atoms with E-state index in [2.05, 4.69) is 4.98 Å². The van der Waals surface area contributed by atoms with Crippen molar-refractivity contribution in [2.75, 3.05) is 7.11 Å². The first kappa shape index (κ1) is 13.7. The number of methoxy groups -OCH3 is 1. The van der Waals surface area contributed by atoms with Gasteiger partial charge in [-0.15, -0.1) is 0 Å². The van der Waals surface area contributed by atoms with Crippen LogP contribution in [0.25, 0.3) is 12.2 Å². The molecule has 5 heteroatoms. The van der Waals surface area contributed by atoms with Crippen LogP contribution >= 0.6 is 0 Å². The number of aryl methyl sites for hydroxylation is 1. The summed E-state index contributed by atoms with van der Waals surface area (Å²) in [5, 5.41) is 11.0. The van der Waals surface area contributed by atoms with Gasteiger partial charge in [0.1, 0.15) is 0 Å². The lowest BCUT2D eigenvalue weighted by molar-refractivity contribution is -0.385. The van der Waals surface area contributed by atoms with Gasteiger partial charge < -0.3 is 4.74 Å². The Balaban J connectivity index is 2.41. The summed E-state index contributed by atoms with van der Waals surface area (Å²) in [6, 6.07) is 8.63. The highest BCUT2D eigenvalue weighted by Gasteiger charge is 2.11. The lowest BCUT2D eigenvalue weighted by atomic mass is 10.1. The van der Waals surface area contributed by atoms with Crippen molar-refractivity contribution in [2.45, 2.75) is 6.92 Å². The number of nitro benzene ring substituents is 1. The molecule has 0 aliphatic rings. The van der Waals surface area contributed by atoms with Crippen molar-refractivity contribution in [3.8, 4) is 5.88 Å². The molecule has 2 aromatic rings. The number of ether oxygens (including phenoxy) is 1. The maximum atomic E-state index is 11.0. The smallest absolute Gasteiger partial charge is 0.276 e. The number of nitro groups is 1. The molecular formula is C15H14N2O3. The van der Waals surface area contributed by atoms with Crippen LogP contribution in [-0.4, -0.2) is 17.0 Å². The predicted molar refractivity (Wildman–Crippen MR) is 77.6 cm³/mol. The van der Waals surface area contributed by atoms with Gasteiger partial charge >= 0.3 is 0 Å². The van der Waals surface area contributed by atoms with Crippen LogP contribution in [0.2, 0.25) is 0 Å². The van der Waals surface area contributed by atoms with Crippen LogP contribution in [-0.2, 0) is 0 Å². The lowest BCUT2D eigenvalue weighted by Crippen LogP contribution is -1.92. The highest BCUT2D eigenvalue weighted by Crippen LogP contribution is 2.23. The second-order valence-electron chi connectivity index (χ2n) is 4.25. The van der Waals surface area contributed by atoms with Gasteiger partial charge in [0, 0.05) is 17.8 Å². The SMILES string of the molecule is COc1ncccc1C=Cc1cc(C)ccc1[N+](=O)[O-]. The molecule has 0 unspecified atom stereocenters. The van der Waals surface area contributed by atoms with E-state index in [1.54, 1.807) is 36.5 Å². The molecule has 0 bridgehead atoms. The number of rotatable bonds is 4. The van der Waals surface area contributed by atoms with Crippen LogP contribution in [0, 0.1) is 17.0 Å². The Morgan fingerprint density at radius 1 is 1.25 bits per heavy atom. The predicted octanol–water partition coefficient (Wildman–Crippen LogP) is 3.48. The molecule has 0 fully saturated rings. The van der Waals surface area contributed by atoms with Gasteiger partial charge in [-0.2, -0.15) is 0 Å². The molecule has 1 aromatic carbocycles. The van der Waals surface area contributed by atoms with Gasteiger partial charge in [-0.05, 0) is 37.3 Å². The number of hydrogen-bond acceptors (Lipinski definition) is 4. The largest absolute Gasteiger partial charge is 0.481 e. The second-order valence-corrected chi connectivity index (χ2v) is 4.25. The first-order chi connectivity index (χ1) is 9.61. The number of benzene rings is 1. The average molecular weight is 270 g/mol. The molecule has 0 spiro atoms. The van der Waals surface area contributed by atoms with Crippen molar-refractivity contribution in [1.82, 2.24) is 4.98 Å². The zero-order valence-electron chi connectivity index (χ0n) is 11.2. The van der Waals surface area contributed by atoms with Gasteiger partial charge in [0.25, 0.3) is 5.69 Å². The molecule has 5 nitrogen and oxygen atoms in total. The highest BCUT2D eigenvalue weighted by molar-refractivity contribution is 5.75. The molecule has 20 heavy (non-hydrogen) atoms. The van der Waals surface area contributed by atoms with Crippen molar-refractivity contribution in [1.29, 1.82) is 0 Å². The quantitative estimate of drug-likeness (QED) is 0.630. The van der Waals surface area contributed by atoms with E-state index in [4.69, 9.17) is 4.74 Å². The molecule has 1 aromatic heterocycles. The van der Waals surface area contributed by atoms with Crippen LogP contribution < -0.4 is 4.74 Å². The monoisotopic (exact) mass is 270 g/mol. The molecule has 0 atom stereocenters. The summed E-state index contributed by atoms with van der Waals surface area (Å²) in [6.07, 6.45) is 5.09. The van der Waals surface area contributed by atoms with E-state index < -0.39 is 0 Å². The van der Waals surface area contributed by atoms with E-state index >= 15 is 0 Å². The maximum Gasteiger partial charge on any atom is 0.276 e. The van der Waals surface area contributed by atoms with Crippen LogP contribution in [0.5, 0.6) is 5.88 Å². The fourth-order valence-corrected chi connectivity index (χ4v) is 1.85. The first-order valence-corrected chi connectivity index (χ1v) is 6.04. The van der Waals surface area contributed by atoms with E-state index in [0.29, 0.717) is 11.4 Å². The van der Waals surface area contributed by atoms with Gasteiger partial charge in [-0.3, -0.25) is 10.1 Å². The van der Waals surface area contributed by atoms with E-state index in [0.717, 1.165) is 11.1 Å². The minimum absolute atomic E-state index is 0.0784. The highest BCUT2D eigenvalue weighted by atomic mass is 16.6. The molecule has 0 saturated heterocycles. The Morgan fingerprint density at radius 2 is 2.00 bits per heavy atom. The Hall–Kier alpha value is -2.69. The van der Waals surface area contributed by atoms with Crippen molar-refractivity contribution in [3.05, 3.63) is 63.3 Å². The molecule has 0 aliphatic carbocycles. The standard InChI is InChI=1S/C15H14N2O3/c1-11-5-8-14(17(18)19)13(10-11)7-6-12-4-3-9-16-15(12)20-2/h3-10H,1-2H3. The van der Waals surface area contributed by atoms with Gasteiger partial charge in [0.2, 0.25) is 5.88 Å². The molecule has 0 aliphatic heterocycles. The Kier molecular flexibility index (Phi) is 4.10. The summed E-state index contributed by atoms with van der Waals surface area (Å²) in [4.78, 5) is 14.7. The summed E-state index contributed by atoms with van der Waals surface area (Å²) in [6.45, 7) is 1.89. The molecule has 0 amide bonds. The summed E-state index contributed by atoms with van der Waals surface area (Å²) < 4.78 is 5.14. The molecule has 0 radical (unpaired) electrons. The third-order valence-electron chi connectivity index (χ3n) is 2.82. The van der Waals surface area contributed by atoms with Crippen LogP contribution in [0.15, 0.2) is 36.5 Å². The van der Waals surface area contributed by atoms with Crippen LogP contribution in [0.4, 0.5) is 5.69 Å². The summed E-state index contributed by atoms with van der Waals surface area (Å²) >= 11 is 0. The maximum absolute atomic E-state index is 11.0. The summed E-state index contributed by atoms with van der Waals surface area (Å²) in [5.74, 6) is 0.485.